The van der Waals surface area contributed by atoms with Gasteiger partial charge in [-0.15, -0.1) is 0 Å². The molecule has 2 amide bonds. The Balaban J connectivity index is 2.06. The maximum absolute atomic E-state index is 12.4. The molecule has 1 unspecified atom stereocenters. The molecular weight excluding hydrogens is 228 g/mol. The summed E-state index contributed by atoms with van der Waals surface area (Å²) in [6.07, 6.45) is 2.14. The zero-order chi connectivity index (χ0) is 13.5. The van der Waals surface area contributed by atoms with Gasteiger partial charge in [-0.05, 0) is 30.1 Å². The molecule has 0 aromatic carbocycles. The average Bonchev–Trinajstić information content (AvgIpc) is 3.06. The summed E-state index contributed by atoms with van der Waals surface area (Å²) in [6, 6.07) is -0.255. The topological polar surface area (TPSA) is 49.4 Å². The molecule has 1 aliphatic carbocycles. The molecule has 1 atom stereocenters. The van der Waals surface area contributed by atoms with Gasteiger partial charge in [-0.2, -0.15) is 0 Å². The number of hydrogen-bond donors (Lipinski definition) is 1. The van der Waals surface area contributed by atoms with E-state index in [0.717, 1.165) is 12.8 Å². The van der Waals surface area contributed by atoms with Crippen LogP contribution in [0.1, 0.15) is 40.5 Å². The Kier molecular flexibility index (Phi) is 3.39. The molecule has 0 aromatic rings. The summed E-state index contributed by atoms with van der Waals surface area (Å²) < 4.78 is 0. The highest BCUT2D eigenvalue weighted by molar-refractivity contribution is 5.95. The van der Waals surface area contributed by atoms with E-state index in [1.807, 2.05) is 0 Å². The summed E-state index contributed by atoms with van der Waals surface area (Å²) in [4.78, 5) is 25.8. The fourth-order valence-corrected chi connectivity index (χ4v) is 2.29. The van der Waals surface area contributed by atoms with Crippen LogP contribution in [0.2, 0.25) is 0 Å². The van der Waals surface area contributed by atoms with Crippen LogP contribution in [0.3, 0.4) is 0 Å². The molecule has 0 spiro atoms. The lowest BCUT2D eigenvalue weighted by molar-refractivity contribution is -0.146. The van der Waals surface area contributed by atoms with E-state index in [1.54, 1.807) is 4.90 Å². The average molecular weight is 252 g/mol. The van der Waals surface area contributed by atoms with Crippen molar-refractivity contribution in [3.63, 3.8) is 0 Å². The lowest BCUT2D eigenvalue weighted by atomic mass is 9.80. The zero-order valence-electron chi connectivity index (χ0n) is 11.8. The number of hydrogen-bond acceptors (Lipinski definition) is 2. The van der Waals surface area contributed by atoms with Crippen molar-refractivity contribution in [2.24, 2.45) is 17.3 Å². The van der Waals surface area contributed by atoms with Crippen LogP contribution in [0.15, 0.2) is 0 Å². The van der Waals surface area contributed by atoms with E-state index in [4.69, 9.17) is 0 Å². The van der Waals surface area contributed by atoms with Crippen molar-refractivity contribution < 1.29 is 9.59 Å². The smallest absolute Gasteiger partial charge is 0.245 e. The summed E-state index contributed by atoms with van der Waals surface area (Å²) in [5.41, 5.74) is 0.0430. The van der Waals surface area contributed by atoms with Crippen molar-refractivity contribution in [1.82, 2.24) is 10.2 Å². The maximum atomic E-state index is 12.4. The predicted molar refractivity (Wildman–Crippen MR) is 69.9 cm³/mol. The molecule has 18 heavy (non-hydrogen) atoms. The van der Waals surface area contributed by atoms with Crippen molar-refractivity contribution >= 4 is 11.8 Å². The van der Waals surface area contributed by atoms with Crippen LogP contribution in [0.5, 0.6) is 0 Å². The number of nitrogens with one attached hydrogen (secondary N) is 1. The van der Waals surface area contributed by atoms with Crippen LogP contribution < -0.4 is 5.32 Å². The second-order valence-electron chi connectivity index (χ2n) is 6.72. The third kappa shape index (κ3) is 2.68. The molecule has 0 bridgehead atoms. The Morgan fingerprint density at radius 3 is 2.44 bits per heavy atom. The maximum Gasteiger partial charge on any atom is 0.245 e. The van der Waals surface area contributed by atoms with Crippen molar-refractivity contribution in [1.29, 1.82) is 0 Å². The first-order chi connectivity index (χ1) is 8.31. The highest BCUT2D eigenvalue weighted by Crippen LogP contribution is 2.35. The summed E-state index contributed by atoms with van der Waals surface area (Å²) >= 11 is 0. The number of carbonyl (C=O) groups is 2. The Labute approximate surface area is 109 Å². The van der Waals surface area contributed by atoms with Gasteiger partial charge < -0.3 is 10.2 Å². The molecule has 2 fully saturated rings. The van der Waals surface area contributed by atoms with Crippen LogP contribution in [-0.4, -0.2) is 35.8 Å². The molecule has 0 radical (unpaired) electrons. The van der Waals surface area contributed by atoms with E-state index in [1.165, 1.54) is 0 Å². The van der Waals surface area contributed by atoms with Crippen LogP contribution in [0.25, 0.3) is 0 Å². The number of rotatable bonds is 4. The highest BCUT2D eigenvalue weighted by atomic mass is 16.2. The zero-order valence-corrected chi connectivity index (χ0v) is 11.8. The third-order valence-corrected chi connectivity index (χ3v) is 4.48. The molecule has 102 valence electrons. The highest BCUT2D eigenvalue weighted by Gasteiger charge is 2.43. The Morgan fingerprint density at radius 2 is 1.94 bits per heavy atom. The third-order valence-electron chi connectivity index (χ3n) is 4.48. The van der Waals surface area contributed by atoms with E-state index < -0.39 is 0 Å². The predicted octanol–water partition coefficient (Wildman–Crippen LogP) is 1.41. The van der Waals surface area contributed by atoms with Gasteiger partial charge in [-0.1, -0.05) is 27.7 Å². The molecule has 1 saturated heterocycles. The van der Waals surface area contributed by atoms with Crippen LogP contribution in [0.4, 0.5) is 0 Å². The first-order valence-electron chi connectivity index (χ1n) is 6.89. The van der Waals surface area contributed by atoms with Crippen molar-refractivity contribution in [2.45, 2.75) is 46.6 Å². The van der Waals surface area contributed by atoms with E-state index in [2.05, 4.69) is 33.0 Å². The Morgan fingerprint density at radius 1 is 1.33 bits per heavy atom. The van der Waals surface area contributed by atoms with Gasteiger partial charge in [0.2, 0.25) is 11.8 Å². The number of nitrogens with zero attached hydrogens (tertiary/aromatic N) is 1. The molecule has 1 heterocycles. The Hall–Kier alpha value is -1.06. The standard InChI is InChI=1S/C14H24N2O2/c1-9(2)14(3,4)8-16-7-11(17)15-12(13(16)18)10-5-6-10/h9-10,12H,5-8H2,1-4H3,(H,15,17). The van der Waals surface area contributed by atoms with E-state index in [0.29, 0.717) is 18.4 Å². The van der Waals surface area contributed by atoms with Gasteiger partial charge in [0.25, 0.3) is 0 Å². The molecule has 2 rings (SSSR count). The summed E-state index contributed by atoms with van der Waals surface area (Å²) in [5.74, 6) is 0.970. The molecule has 4 heteroatoms. The van der Waals surface area contributed by atoms with Gasteiger partial charge in [0, 0.05) is 6.54 Å². The minimum atomic E-state index is -0.255. The lowest BCUT2D eigenvalue weighted by Crippen LogP contribution is -2.60. The molecular formula is C14H24N2O2. The van der Waals surface area contributed by atoms with Gasteiger partial charge >= 0.3 is 0 Å². The molecule has 2 aliphatic rings. The second-order valence-corrected chi connectivity index (χ2v) is 6.72. The van der Waals surface area contributed by atoms with Crippen LogP contribution in [-0.2, 0) is 9.59 Å². The Bertz CT molecular complexity index is 359. The molecule has 4 nitrogen and oxygen atoms in total. The number of piperazine rings is 1. The fraction of sp³-hybridized carbons (Fsp3) is 0.857. The first-order valence-corrected chi connectivity index (χ1v) is 6.89. The SMILES string of the molecule is CC(C)C(C)(C)CN1CC(=O)NC(C2CC2)C1=O. The minimum Gasteiger partial charge on any atom is -0.342 e. The molecule has 1 saturated carbocycles. The second kappa shape index (κ2) is 4.56. The van der Waals surface area contributed by atoms with Crippen molar-refractivity contribution in [3.05, 3.63) is 0 Å². The summed E-state index contributed by atoms with van der Waals surface area (Å²) in [6.45, 7) is 9.52. The quantitative estimate of drug-likeness (QED) is 0.822. The van der Waals surface area contributed by atoms with E-state index in [-0.39, 0.29) is 29.8 Å². The van der Waals surface area contributed by atoms with E-state index >= 15 is 0 Å². The van der Waals surface area contributed by atoms with Gasteiger partial charge in [0.1, 0.15) is 6.04 Å². The molecule has 1 aliphatic heterocycles. The van der Waals surface area contributed by atoms with Crippen LogP contribution >= 0.6 is 0 Å². The van der Waals surface area contributed by atoms with Gasteiger partial charge in [0.15, 0.2) is 0 Å². The van der Waals surface area contributed by atoms with E-state index in [9.17, 15) is 9.59 Å². The first kappa shape index (κ1) is 13.4. The monoisotopic (exact) mass is 252 g/mol. The normalized spacial score (nSPS) is 25.6. The molecule has 1 N–H and O–H groups in total. The largest absolute Gasteiger partial charge is 0.342 e. The van der Waals surface area contributed by atoms with Gasteiger partial charge in [0.05, 0.1) is 6.54 Å². The number of amides is 2. The summed E-state index contributed by atoms with van der Waals surface area (Å²) in [5, 5.41) is 2.84. The van der Waals surface area contributed by atoms with Crippen molar-refractivity contribution in [3.8, 4) is 0 Å². The van der Waals surface area contributed by atoms with Crippen molar-refractivity contribution in [2.75, 3.05) is 13.1 Å². The summed E-state index contributed by atoms with van der Waals surface area (Å²) in [7, 11) is 0. The molecule has 0 aromatic heterocycles. The lowest BCUT2D eigenvalue weighted by Gasteiger charge is -2.39. The van der Waals surface area contributed by atoms with Crippen LogP contribution in [0, 0.1) is 17.3 Å². The number of carbonyl (C=O) groups excluding carboxylic acids is 2. The fourth-order valence-electron chi connectivity index (χ4n) is 2.29. The van der Waals surface area contributed by atoms with Gasteiger partial charge in [-0.25, -0.2) is 0 Å². The van der Waals surface area contributed by atoms with Gasteiger partial charge in [-0.3, -0.25) is 9.59 Å². The minimum absolute atomic E-state index is 0.00828.